The molecule has 3 aromatic rings. The van der Waals surface area contributed by atoms with Gasteiger partial charge in [-0.05, 0) is 51.0 Å². The highest BCUT2D eigenvalue weighted by atomic mass is 35.5. The van der Waals surface area contributed by atoms with Gasteiger partial charge < -0.3 is 20.0 Å². The first-order valence-corrected chi connectivity index (χ1v) is 9.15. The molecule has 3 N–H and O–H groups in total. The molecule has 0 fully saturated rings. The third kappa shape index (κ3) is 4.38. The summed E-state index contributed by atoms with van der Waals surface area (Å²) in [5.74, 6) is 2.22. The molecule has 0 radical (unpaired) electrons. The molecule has 1 aromatic carbocycles. The van der Waals surface area contributed by atoms with Crippen molar-refractivity contribution in [2.45, 2.75) is 33.7 Å². The van der Waals surface area contributed by atoms with Gasteiger partial charge in [-0.2, -0.15) is 0 Å². The number of halogens is 1. The van der Waals surface area contributed by atoms with Crippen molar-refractivity contribution in [1.29, 1.82) is 0 Å². The molecule has 0 unspecified atom stereocenters. The molecule has 0 aliphatic carbocycles. The van der Waals surface area contributed by atoms with Crippen LogP contribution in [0.4, 0.5) is 0 Å². The summed E-state index contributed by atoms with van der Waals surface area (Å²) in [5, 5.41) is 8.50. The van der Waals surface area contributed by atoms with E-state index in [1.165, 1.54) is 5.56 Å². The smallest absolute Gasteiger partial charge is 0.216 e. The molecule has 0 bridgehead atoms. The molecular weight excluding hydrogens is 350 g/mol. The Balaban J connectivity index is 1.61. The molecule has 0 saturated heterocycles. The fourth-order valence-electron chi connectivity index (χ4n) is 2.77. The van der Waals surface area contributed by atoms with E-state index in [4.69, 9.17) is 16.0 Å². The number of fused-ring (bicyclic) bond motifs is 1. The SMILES string of the molecule is CCNC(=NCc1nc(C)c(C)o1)NCCc1c[nH]c2ccc(Cl)cc12. The Labute approximate surface area is 158 Å². The Morgan fingerprint density at radius 2 is 2.15 bits per heavy atom. The number of aromatic nitrogens is 2. The fraction of sp³-hybridized carbons (Fsp3) is 0.368. The van der Waals surface area contributed by atoms with Gasteiger partial charge in [-0.15, -0.1) is 0 Å². The lowest BCUT2D eigenvalue weighted by Gasteiger charge is -2.10. The van der Waals surface area contributed by atoms with E-state index < -0.39 is 0 Å². The van der Waals surface area contributed by atoms with Crippen LogP contribution in [-0.2, 0) is 13.0 Å². The maximum Gasteiger partial charge on any atom is 0.216 e. The topological polar surface area (TPSA) is 78.2 Å². The maximum atomic E-state index is 6.11. The second-order valence-electron chi connectivity index (χ2n) is 6.12. The molecule has 0 saturated carbocycles. The second-order valence-corrected chi connectivity index (χ2v) is 6.56. The Morgan fingerprint density at radius 1 is 1.31 bits per heavy atom. The van der Waals surface area contributed by atoms with Crippen LogP contribution in [0.15, 0.2) is 33.8 Å². The van der Waals surface area contributed by atoms with Crippen molar-refractivity contribution in [2.75, 3.05) is 13.1 Å². The first-order valence-electron chi connectivity index (χ1n) is 8.77. The van der Waals surface area contributed by atoms with Crippen molar-refractivity contribution in [3.8, 4) is 0 Å². The maximum absolute atomic E-state index is 6.11. The van der Waals surface area contributed by atoms with Gasteiger partial charge in [-0.1, -0.05) is 11.6 Å². The summed E-state index contributed by atoms with van der Waals surface area (Å²) in [7, 11) is 0. The van der Waals surface area contributed by atoms with E-state index in [1.807, 2.05) is 45.2 Å². The van der Waals surface area contributed by atoms with Gasteiger partial charge in [-0.3, -0.25) is 0 Å². The number of rotatable bonds is 6. The summed E-state index contributed by atoms with van der Waals surface area (Å²) in [4.78, 5) is 12.2. The average Bonchev–Trinajstić information content (AvgIpc) is 3.15. The van der Waals surface area contributed by atoms with Crippen LogP contribution in [0.2, 0.25) is 5.02 Å². The van der Waals surface area contributed by atoms with Crippen LogP contribution in [0.3, 0.4) is 0 Å². The molecule has 2 aromatic heterocycles. The van der Waals surface area contributed by atoms with E-state index in [9.17, 15) is 0 Å². The van der Waals surface area contributed by atoms with Crippen LogP contribution in [0.5, 0.6) is 0 Å². The molecule has 7 heteroatoms. The van der Waals surface area contributed by atoms with E-state index in [2.05, 4.69) is 25.6 Å². The summed E-state index contributed by atoms with van der Waals surface area (Å²) in [6, 6.07) is 5.89. The molecule has 0 amide bonds. The van der Waals surface area contributed by atoms with Crippen LogP contribution in [0.1, 0.15) is 29.8 Å². The minimum Gasteiger partial charge on any atom is -0.444 e. The van der Waals surface area contributed by atoms with Crippen LogP contribution in [0, 0.1) is 13.8 Å². The number of aromatic amines is 1. The predicted molar refractivity (Wildman–Crippen MR) is 106 cm³/mol. The number of benzene rings is 1. The normalized spacial score (nSPS) is 11.9. The van der Waals surface area contributed by atoms with Crippen LogP contribution in [-0.4, -0.2) is 29.0 Å². The Hall–Kier alpha value is -2.47. The Bertz CT molecular complexity index is 892. The molecule has 0 atom stereocenters. The summed E-state index contributed by atoms with van der Waals surface area (Å²) >= 11 is 6.11. The second kappa shape index (κ2) is 8.27. The predicted octanol–water partition coefficient (Wildman–Crippen LogP) is 3.72. The van der Waals surface area contributed by atoms with Crippen LogP contribution in [0.25, 0.3) is 10.9 Å². The minimum atomic E-state index is 0.409. The summed E-state index contributed by atoms with van der Waals surface area (Å²) < 4.78 is 5.58. The van der Waals surface area contributed by atoms with Crippen LogP contribution < -0.4 is 10.6 Å². The lowest BCUT2D eigenvalue weighted by atomic mass is 10.1. The lowest BCUT2D eigenvalue weighted by molar-refractivity contribution is 0.473. The number of aryl methyl sites for hydroxylation is 2. The van der Waals surface area contributed by atoms with E-state index in [0.29, 0.717) is 12.4 Å². The minimum absolute atomic E-state index is 0.409. The number of H-pyrrole nitrogens is 1. The van der Waals surface area contributed by atoms with Crippen molar-refractivity contribution in [3.05, 3.63) is 52.3 Å². The van der Waals surface area contributed by atoms with Gasteiger partial charge in [0.05, 0.1) is 5.69 Å². The quantitative estimate of drug-likeness (QED) is 0.454. The highest BCUT2D eigenvalue weighted by Gasteiger charge is 2.07. The van der Waals surface area contributed by atoms with E-state index in [1.54, 1.807) is 0 Å². The molecule has 0 aliphatic heterocycles. The third-order valence-electron chi connectivity index (χ3n) is 4.21. The van der Waals surface area contributed by atoms with Gasteiger partial charge in [0.1, 0.15) is 12.3 Å². The van der Waals surface area contributed by atoms with Gasteiger partial charge in [0.2, 0.25) is 5.89 Å². The molecule has 138 valence electrons. The van der Waals surface area contributed by atoms with Gasteiger partial charge in [-0.25, -0.2) is 9.98 Å². The zero-order valence-electron chi connectivity index (χ0n) is 15.3. The molecule has 26 heavy (non-hydrogen) atoms. The number of nitrogens with zero attached hydrogens (tertiary/aromatic N) is 2. The summed E-state index contributed by atoms with van der Waals surface area (Å²) in [6.07, 6.45) is 2.90. The number of guanidine groups is 1. The van der Waals surface area contributed by atoms with Gasteiger partial charge in [0, 0.05) is 35.2 Å². The number of oxazole rings is 1. The highest BCUT2D eigenvalue weighted by Crippen LogP contribution is 2.22. The molecule has 6 nitrogen and oxygen atoms in total. The third-order valence-corrected chi connectivity index (χ3v) is 4.44. The van der Waals surface area contributed by atoms with E-state index >= 15 is 0 Å². The summed E-state index contributed by atoms with van der Waals surface area (Å²) in [6.45, 7) is 7.84. The summed E-state index contributed by atoms with van der Waals surface area (Å²) in [5.41, 5.74) is 3.23. The molecule has 0 aliphatic rings. The number of aliphatic imine (C=N–C) groups is 1. The van der Waals surface area contributed by atoms with Gasteiger partial charge in [0.25, 0.3) is 0 Å². The molecule has 0 spiro atoms. The van der Waals surface area contributed by atoms with Crippen molar-refractivity contribution in [2.24, 2.45) is 4.99 Å². The van der Waals surface area contributed by atoms with Crippen molar-refractivity contribution >= 4 is 28.5 Å². The number of hydrogen-bond donors (Lipinski definition) is 3. The van der Waals surface area contributed by atoms with Crippen molar-refractivity contribution in [1.82, 2.24) is 20.6 Å². The lowest BCUT2D eigenvalue weighted by Crippen LogP contribution is -2.38. The number of nitrogens with one attached hydrogen (secondary N) is 3. The van der Waals surface area contributed by atoms with Crippen molar-refractivity contribution in [3.63, 3.8) is 0 Å². The Morgan fingerprint density at radius 3 is 2.88 bits per heavy atom. The van der Waals surface area contributed by atoms with Crippen molar-refractivity contribution < 1.29 is 4.42 Å². The Kier molecular flexibility index (Phi) is 5.83. The number of hydrogen-bond acceptors (Lipinski definition) is 3. The monoisotopic (exact) mass is 373 g/mol. The first kappa shape index (κ1) is 18.3. The van der Waals surface area contributed by atoms with Gasteiger partial charge >= 0.3 is 0 Å². The average molecular weight is 374 g/mol. The molecule has 2 heterocycles. The fourth-order valence-corrected chi connectivity index (χ4v) is 2.94. The first-order chi connectivity index (χ1) is 12.6. The largest absolute Gasteiger partial charge is 0.444 e. The standard InChI is InChI=1S/C19H24ClN5O/c1-4-21-19(24-11-18-25-12(2)13(3)26-18)22-8-7-14-10-23-17-6-5-15(20)9-16(14)17/h5-6,9-10,23H,4,7-8,11H2,1-3H3,(H2,21,22,24). The van der Waals surface area contributed by atoms with E-state index in [0.717, 1.165) is 52.8 Å². The zero-order valence-corrected chi connectivity index (χ0v) is 16.1. The van der Waals surface area contributed by atoms with Crippen LogP contribution >= 0.6 is 11.6 Å². The van der Waals surface area contributed by atoms with Gasteiger partial charge in [0.15, 0.2) is 5.96 Å². The zero-order chi connectivity index (χ0) is 18.5. The van der Waals surface area contributed by atoms with E-state index in [-0.39, 0.29) is 0 Å². The molecule has 3 rings (SSSR count). The highest BCUT2D eigenvalue weighted by molar-refractivity contribution is 6.31. The molecular formula is C19H24ClN5O.